The minimum Gasteiger partial charge on any atom is -0.497 e. The Morgan fingerprint density at radius 1 is 1.07 bits per heavy atom. The molecule has 0 aliphatic carbocycles. The first-order chi connectivity index (χ1) is 13.4. The summed E-state index contributed by atoms with van der Waals surface area (Å²) in [6.07, 6.45) is 2.17. The molecule has 0 saturated carbocycles. The highest BCUT2D eigenvalue weighted by atomic mass is 31.1. The van der Waals surface area contributed by atoms with E-state index in [1.807, 2.05) is 12.1 Å². The summed E-state index contributed by atoms with van der Waals surface area (Å²) in [5.41, 5.74) is 2.57. The maximum Gasteiger partial charge on any atom is 0.188 e. The van der Waals surface area contributed by atoms with Gasteiger partial charge in [-0.15, -0.1) is 0 Å². The fourth-order valence-corrected chi connectivity index (χ4v) is 5.30. The zero-order chi connectivity index (χ0) is 20.6. The molecule has 0 aromatic heterocycles. The van der Waals surface area contributed by atoms with Gasteiger partial charge in [-0.3, -0.25) is 0 Å². The molecule has 2 atom stereocenters. The summed E-state index contributed by atoms with van der Waals surface area (Å²) in [5, 5.41) is 1.36. The molecule has 2 unspecified atom stereocenters. The van der Waals surface area contributed by atoms with Crippen LogP contribution in [0.4, 0.5) is 0 Å². The van der Waals surface area contributed by atoms with Crippen molar-refractivity contribution in [3.05, 3.63) is 53.6 Å². The Balaban J connectivity index is 2.48. The molecule has 0 amide bonds. The lowest BCUT2D eigenvalue weighted by Gasteiger charge is -2.33. The van der Waals surface area contributed by atoms with Gasteiger partial charge in [-0.1, -0.05) is 53.1 Å². The second kappa shape index (κ2) is 10.8. The maximum absolute atomic E-state index is 5.93. The standard InChI is InChI=1S/C23H34NO3P/c1-7-14-23(2,28-22-11-9-8-10-18(22)16-24(3)4)20-15-19(26-6)12-13-21(20)27-17-25-5/h8-13,15,28H,7,14,16-17H2,1-6H3. The Morgan fingerprint density at radius 3 is 2.46 bits per heavy atom. The molecule has 0 aliphatic rings. The van der Waals surface area contributed by atoms with Gasteiger partial charge in [0, 0.05) is 24.4 Å². The third-order valence-electron chi connectivity index (χ3n) is 4.78. The van der Waals surface area contributed by atoms with Gasteiger partial charge in [0.2, 0.25) is 0 Å². The van der Waals surface area contributed by atoms with Crippen molar-refractivity contribution in [3.8, 4) is 11.5 Å². The van der Waals surface area contributed by atoms with E-state index >= 15 is 0 Å². The van der Waals surface area contributed by atoms with Crippen molar-refractivity contribution in [1.29, 1.82) is 0 Å². The zero-order valence-corrected chi connectivity index (χ0v) is 19.0. The van der Waals surface area contributed by atoms with E-state index < -0.39 is 0 Å². The van der Waals surface area contributed by atoms with Gasteiger partial charge in [0.1, 0.15) is 11.5 Å². The quantitative estimate of drug-likeness (QED) is 0.400. The number of ether oxygens (including phenoxy) is 3. The van der Waals surface area contributed by atoms with Crippen LogP contribution in [0.15, 0.2) is 42.5 Å². The summed E-state index contributed by atoms with van der Waals surface area (Å²) >= 11 is 0. The molecular weight excluding hydrogens is 369 g/mol. The molecule has 0 fully saturated rings. The second-order valence-corrected chi connectivity index (χ2v) is 9.41. The molecule has 2 rings (SSSR count). The van der Waals surface area contributed by atoms with Crippen LogP contribution in [0.5, 0.6) is 11.5 Å². The van der Waals surface area contributed by atoms with Crippen LogP contribution in [-0.2, 0) is 16.4 Å². The molecular formula is C23H34NO3P. The highest BCUT2D eigenvalue weighted by Gasteiger charge is 2.31. The molecule has 28 heavy (non-hydrogen) atoms. The molecule has 0 radical (unpaired) electrons. The Kier molecular flexibility index (Phi) is 8.75. The van der Waals surface area contributed by atoms with Gasteiger partial charge in [0.15, 0.2) is 6.79 Å². The number of rotatable bonds is 11. The van der Waals surface area contributed by atoms with Crippen molar-refractivity contribution in [3.63, 3.8) is 0 Å². The molecule has 0 spiro atoms. The van der Waals surface area contributed by atoms with Gasteiger partial charge < -0.3 is 19.1 Å². The van der Waals surface area contributed by atoms with Crippen molar-refractivity contribution in [1.82, 2.24) is 4.90 Å². The monoisotopic (exact) mass is 403 g/mol. The van der Waals surface area contributed by atoms with Gasteiger partial charge in [-0.2, -0.15) is 0 Å². The third kappa shape index (κ3) is 5.94. The van der Waals surface area contributed by atoms with E-state index in [1.165, 1.54) is 16.4 Å². The van der Waals surface area contributed by atoms with Gasteiger partial charge in [0.25, 0.3) is 0 Å². The van der Waals surface area contributed by atoms with E-state index in [1.54, 1.807) is 14.2 Å². The molecule has 0 saturated heterocycles. The minimum atomic E-state index is -0.0468. The van der Waals surface area contributed by atoms with E-state index in [9.17, 15) is 0 Å². The first kappa shape index (κ1) is 22.7. The molecule has 0 heterocycles. The Bertz CT molecular complexity index is 750. The third-order valence-corrected chi connectivity index (χ3v) is 6.61. The first-order valence-electron chi connectivity index (χ1n) is 9.74. The van der Waals surface area contributed by atoms with Crippen molar-refractivity contribution in [2.75, 3.05) is 35.1 Å². The van der Waals surface area contributed by atoms with E-state index in [-0.39, 0.29) is 11.9 Å². The van der Waals surface area contributed by atoms with Crippen LogP contribution in [0.3, 0.4) is 0 Å². The molecule has 2 aromatic rings. The lowest BCUT2D eigenvalue weighted by atomic mass is 9.94. The van der Waals surface area contributed by atoms with Crippen molar-refractivity contribution >= 4 is 13.9 Å². The maximum atomic E-state index is 5.93. The molecule has 0 aliphatic heterocycles. The Labute approximate surface area is 172 Å². The summed E-state index contributed by atoms with van der Waals surface area (Å²) in [6.45, 7) is 5.76. The number of hydrogen-bond acceptors (Lipinski definition) is 4. The average Bonchev–Trinajstić information content (AvgIpc) is 2.67. The predicted molar refractivity (Wildman–Crippen MR) is 120 cm³/mol. The SMILES string of the molecule is CCCC(C)(Pc1ccccc1CN(C)C)c1cc(OC)ccc1OCOC. The molecule has 154 valence electrons. The summed E-state index contributed by atoms with van der Waals surface area (Å²) in [5.74, 6) is 1.73. The zero-order valence-electron chi connectivity index (χ0n) is 18.0. The van der Waals surface area contributed by atoms with Gasteiger partial charge in [-0.25, -0.2) is 0 Å². The van der Waals surface area contributed by atoms with Crippen LogP contribution < -0.4 is 14.8 Å². The number of methoxy groups -OCH3 is 2. The largest absolute Gasteiger partial charge is 0.497 e. The predicted octanol–water partition coefficient (Wildman–Crippen LogP) is 4.76. The summed E-state index contributed by atoms with van der Waals surface area (Å²) in [7, 11) is 8.21. The smallest absolute Gasteiger partial charge is 0.188 e. The lowest BCUT2D eigenvalue weighted by Crippen LogP contribution is -2.24. The van der Waals surface area contributed by atoms with Crippen molar-refractivity contribution < 1.29 is 14.2 Å². The van der Waals surface area contributed by atoms with Crippen LogP contribution in [0.1, 0.15) is 37.8 Å². The van der Waals surface area contributed by atoms with Gasteiger partial charge in [-0.05, 0) is 49.6 Å². The second-order valence-electron chi connectivity index (χ2n) is 7.51. The van der Waals surface area contributed by atoms with Gasteiger partial charge in [0.05, 0.1) is 7.11 Å². The minimum absolute atomic E-state index is 0.0468. The van der Waals surface area contributed by atoms with Crippen LogP contribution in [0, 0.1) is 0 Å². The first-order valence-corrected chi connectivity index (χ1v) is 10.7. The topological polar surface area (TPSA) is 30.9 Å². The Hall–Kier alpha value is -1.61. The molecule has 0 N–H and O–H groups in total. The van der Waals surface area contributed by atoms with Gasteiger partial charge >= 0.3 is 0 Å². The highest BCUT2D eigenvalue weighted by Crippen LogP contribution is 2.49. The number of benzene rings is 2. The average molecular weight is 404 g/mol. The number of nitrogens with zero attached hydrogens (tertiary/aromatic N) is 1. The summed E-state index contributed by atoms with van der Waals surface area (Å²) in [4.78, 5) is 2.22. The lowest BCUT2D eigenvalue weighted by molar-refractivity contribution is 0.0500. The molecule has 2 aromatic carbocycles. The van der Waals surface area contributed by atoms with Crippen LogP contribution in [0.2, 0.25) is 0 Å². The Morgan fingerprint density at radius 2 is 1.82 bits per heavy atom. The summed E-state index contributed by atoms with van der Waals surface area (Å²) < 4.78 is 16.6. The molecule has 0 bridgehead atoms. The van der Waals surface area contributed by atoms with E-state index in [4.69, 9.17) is 14.2 Å². The van der Waals surface area contributed by atoms with E-state index in [0.717, 1.165) is 30.9 Å². The molecule has 4 nitrogen and oxygen atoms in total. The fraction of sp³-hybridized carbons (Fsp3) is 0.478. The van der Waals surface area contributed by atoms with Crippen molar-refractivity contribution in [2.24, 2.45) is 0 Å². The molecule has 5 heteroatoms. The highest BCUT2D eigenvalue weighted by molar-refractivity contribution is 7.48. The van der Waals surface area contributed by atoms with Crippen molar-refractivity contribution in [2.45, 2.75) is 38.4 Å². The fourth-order valence-electron chi connectivity index (χ4n) is 3.50. The van der Waals surface area contributed by atoms with Crippen LogP contribution in [0.25, 0.3) is 0 Å². The van der Waals surface area contributed by atoms with E-state index in [0.29, 0.717) is 8.58 Å². The normalized spacial score (nSPS) is 13.8. The van der Waals surface area contributed by atoms with Crippen LogP contribution >= 0.6 is 8.58 Å². The van der Waals surface area contributed by atoms with Crippen LogP contribution in [-0.4, -0.2) is 40.0 Å². The summed E-state index contributed by atoms with van der Waals surface area (Å²) in [6, 6.07) is 14.8. The van der Waals surface area contributed by atoms with E-state index in [2.05, 4.69) is 63.2 Å². The number of hydrogen-bond donors (Lipinski definition) is 0.